The van der Waals surface area contributed by atoms with Crippen LogP contribution in [0.4, 0.5) is 11.6 Å². The molecule has 52 heavy (non-hydrogen) atoms. The maximum atomic E-state index is 14.3. The van der Waals surface area contributed by atoms with Crippen LogP contribution in [0, 0.1) is 34.6 Å². The van der Waals surface area contributed by atoms with E-state index in [0.717, 1.165) is 56.4 Å². The second-order valence-electron chi connectivity index (χ2n) is 16.2. The minimum absolute atomic E-state index is 0.0587. The average molecular weight is 747 g/mol. The molecule has 278 valence electrons. The minimum Gasteiger partial charge on any atom is -0.340 e. The maximum Gasteiger partial charge on any atom is 0.262 e. The van der Waals surface area contributed by atoms with E-state index in [1.54, 1.807) is 6.07 Å². The first-order valence-electron chi connectivity index (χ1n) is 19.1. The van der Waals surface area contributed by atoms with Crippen LogP contribution in [0.2, 0.25) is 10.0 Å². The first-order chi connectivity index (χ1) is 24.9. The smallest absolute Gasteiger partial charge is 0.262 e. The number of piperazine rings is 2. The zero-order valence-electron chi connectivity index (χ0n) is 31.4. The van der Waals surface area contributed by atoms with Gasteiger partial charge in [0.05, 0.1) is 29.0 Å². The predicted molar refractivity (Wildman–Crippen MR) is 212 cm³/mol. The number of nitrogens with zero attached hydrogens (tertiary/aromatic N) is 8. The summed E-state index contributed by atoms with van der Waals surface area (Å²) in [5.41, 5.74) is 2.77. The van der Waals surface area contributed by atoms with Gasteiger partial charge in [-0.3, -0.25) is 9.36 Å². The van der Waals surface area contributed by atoms with Gasteiger partial charge in [0.15, 0.2) is 12.2 Å². The zero-order valence-corrected chi connectivity index (χ0v) is 33.0. The fraction of sp³-hybridized carbons (Fsp3) is 0.600. The summed E-state index contributed by atoms with van der Waals surface area (Å²) in [4.78, 5) is 33.9. The topological polar surface area (TPSA) is 96.0 Å². The maximum absolute atomic E-state index is 14.3. The number of rotatable bonds is 7. The summed E-state index contributed by atoms with van der Waals surface area (Å²) in [7, 11) is 0. The normalized spacial score (nSPS) is 27.8. The molecule has 10 nitrogen and oxygen atoms in total. The van der Waals surface area contributed by atoms with Crippen molar-refractivity contribution in [3.8, 4) is 6.19 Å². The summed E-state index contributed by atoms with van der Waals surface area (Å²) in [6.07, 6.45) is 5.37. The lowest BCUT2D eigenvalue weighted by molar-refractivity contribution is -0.108. The largest absolute Gasteiger partial charge is 0.340 e. The van der Waals surface area contributed by atoms with E-state index in [-0.39, 0.29) is 23.7 Å². The molecule has 1 unspecified atom stereocenters. The number of fused-ring (bicyclic) bond motifs is 3. The van der Waals surface area contributed by atoms with E-state index in [2.05, 4.69) is 67.8 Å². The van der Waals surface area contributed by atoms with Crippen molar-refractivity contribution in [3.05, 3.63) is 62.4 Å². The van der Waals surface area contributed by atoms with Gasteiger partial charge in [-0.05, 0) is 98.7 Å². The lowest BCUT2D eigenvalue weighted by Crippen LogP contribution is -2.59. The highest BCUT2D eigenvalue weighted by Crippen LogP contribution is 2.61. The molecule has 0 radical (unpaired) electrons. The quantitative estimate of drug-likeness (QED) is 0.160. The molecule has 2 saturated heterocycles. The van der Waals surface area contributed by atoms with Gasteiger partial charge in [0.1, 0.15) is 0 Å². The van der Waals surface area contributed by atoms with Crippen molar-refractivity contribution >= 4 is 51.7 Å². The molecular formula is C40H53Cl2N9O. The van der Waals surface area contributed by atoms with Crippen LogP contribution in [-0.4, -0.2) is 94.1 Å². The molecule has 0 amide bonds. The number of aryl methyl sites for hydroxylation is 1. The van der Waals surface area contributed by atoms with Crippen LogP contribution < -0.4 is 15.8 Å². The fourth-order valence-electron chi connectivity index (χ4n) is 9.42. The molecule has 8 rings (SSSR count). The minimum atomic E-state index is -0.0587. The highest BCUT2D eigenvalue weighted by atomic mass is 35.5. The number of hydrogen-bond acceptors (Lipinski definition) is 7. The number of likely N-dealkylation sites (N-methyl/N-ethyl adjacent to an activating group) is 1. The van der Waals surface area contributed by atoms with Crippen LogP contribution in [0.15, 0.2) is 46.2 Å². The highest BCUT2D eigenvalue weighted by Gasteiger charge is 2.56. The molecule has 3 saturated carbocycles. The summed E-state index contributed by atoms with van der Waals surface area (Å²) < 4.78 is 1.82. The Morgan fingerprint density at radius 1 is 1.04 bits per heavy atom. The number of halogens is 2. The van der Waals surface area contributed by atoms with Crippen molar-refractivity contribution in [1.29, 1.82) is 5.26 Å². The van der Waals surface area contributed by atoms with Gasteiger partial charge < -0.3 is 24.9 Å². The van der Waals surface area contributed by atoms with Gasteiger partial charge in [0, 0.05) is 61.5 Å². The summed E-state index contributed by atoms with van der Waals surface area (Å²) in [5.74, 6) is 3.39. The van der Waals surface area contributed by atoms with Crippen LogP contribution in [-0.2, 0) is 13.0 Å². The molecule has 3 aliphatic carbocycles. The van der Waals surface area contributed by atoms with Gasteiger partial charge in [0.2, 0.25) is 5.95 Å². The number of guanidine groups is 1. The third kappa shape index (κ3) is 6.97. The van der Waals surface area contributed by atoms with E-state index in [9.17, 15) is 10.1 Å². The van der Waals surface area contributed by atoms with E-state index in [1.165, 1.54) is 6.42 Å². The van der Waals surface area contributed by atoms with Crippen LogP contribution in [0.25, 0.3) is 10.9 Å². The molecule has 1 N–H and O–H groups in total. The van der Waals surface area contributed by atoms with E-state index in [0.29, 0.717) is 76.1 Å². The van der Waals surface area contributed by atoms with Gasteiger partial charge in [-0.15, -0.1) is 0 Å². The SMILES string of the molecule is CCN1CCN(c2nc3cc(N/C(=N/[C@H]4C[C@@H]5C[C@H](C4C)C5(C)C)N4C[C@@H](C)N(C#N)[C@@H](C)C4)ccc3c(=O)n2CCc2ccc(Cl)cc2Cl)CC1. The van der Waals surface area contributed by atoms with Gasteiger partial charge >= 0.3 is 0 Å². The number of nitrogens with one attached hydrogen (secondary N) is 1. The van der Waals surface area contributed by atoms with Crippen LogP contribution in [0.3, 0.4) is 0 Å². The molecule has 3 aromatic rings. The van der Waals surface area contributed by atoms with Crippen molar-refractivity contribution < 1.29 is 0 Å². The first kappa shape index (κ1) is 36.8. The number of hydrogen-bond donors (Lipinski definition) is 1. The molecule has 1 aromatic heterocycles. The number of aromatic nitrogens is 2. The molecular weight excluding hydrogens is 693 g/mol. The molecule has 0 spiro atoms. The van der Waals surface area contributed by atoms with Crippen molar-refractivity contribution in [2.45, 2.75) is 85.5 Å². The monoisotopic (exact) mass is 745 g/mol. The Labute approximate surface area is 318 Å². The van der Waals surface area contributed by atoms with Crippen LogP contribution in [0.5, 0.6) is 0 Å². The molecule has 12 heteroatoms. The Morgan fingerprint density at radius 2 is 1.77 bits per heavy atom. The Kier molecular flexibility index (Phi) is 10.4. The fourth-order valence-corrected chi connectivity index (χ4v) is 9.92. The van der Waals surface area contributed by atoms with Gasteiger partial charge in [0.25, 0.3) is 5.56 Å². The van der Waals surface area contributed by atoms with Crippen molar-refractivity contribution in [1.82, 2.24) is 24.3 Å². The molecule has 2 aliphatic heterocycles. The number of nitriles is 1. The number of benzene rings is 2. The zero-order chi connectivity index (χ0) is 36.9. The van der Waals surface area contributed by atoms with Crippen molar-refractivity contribution in [2.75, 3.05) is 56.0 Å². The van der Waals surface area contributed by atoms with E-state index < -0.39 is 0 Å². The Bertz CT molecular complexity index is 1920. The molecule has 2 aromatic carbocycles. The third-order valence-electron chi connectivity index (χ3n) is 12.8. The average Bonchev–Trinajstić information content (AvgIpc) is 3.12. The molecule has 2 bridgehead atoms. The Balaban J connectivity index is 1.23. The summed E-state index contributed by atoms with van der Waals surface area (Å²) >= 11 is 12.7. The molecule has 5 fully saturated rings. The predicted octanol–water partition coefficient (Wildman–Crippen LogP) is 6.80. The molecule has 3 heterocycles. The molecule has 5 aliphatic rings. The summed E-state index contributed by atoms with van der Waals surface area (Å²) in [6.45, 7) is 19.9. The summed E-state index contributed by atoms with van der Waals surface area (Å²) in [6, 6.07) is 11.7. The number of anilines is 2. The van der Waals surface area contributed by atoms with E-state index in [1.807, 2.05) is 39.8 Å². The van der Waals surface area contributed by atoms with Gasteiger partial charge in [-0.1, -0.05) is 57.0 Å². The Hall–Kier alpha value is -3.52. The second-order valence-corrected chi connectivity index (χ2v) is 17.1. The lowest BCUT2D eigenvalue weighted by atomic mass is 9.45. The van der Waals surface area contributed by atoms with E-state index >= 15 is 0 Å². The Morgan fingerprint density at radius 3 is 2.40 bits per heavy atom. The number of aliphatic imine (C=N–C) groups is 1. The third-order valence-corrected chi connectivity index (χ3v) is 13.4. The van der Waals surface area contributed by atoms with Crippen LogP contribution >= 0.6 is 23.2 Å². The second kappa shape index (κ2) is 14.7. The first-order valence-corrected chi connectivity index (χ1v) is 19.9. The molecule has 6 atom stereocenters. The highest BCUT2D eigenvalue weighted by molar-refractivity contribution is 6.35. The summed E-state index contributed by atoms with van der Waals surface area (Å²) in [5, 5.41) is 15.3. The van der Waals surface area contributed by atoms with E-state index in [4.69, 9.17) is 33.2 Å². The van der Waals surface area contributed by atoms with Gasteiger partial charge in [-0.25, -0.2) is 9.98 Å². The van der Waals surface area contributed by atoms with Crippen LogP contribution in [0.1, 0.15) is 59.9 Å². The lowest BCUT2D eigenvalue weighted by Gasteiger charge is -2.61. The standard InChI is InChI=1S/C40H53Cl2N9O/c1-7-47-14-16-48(17-15-47)39-46-36-21-31(10-11-32(36)37(52)50(39)13-12-28-8-9-30(41)20-34(28)42)44-38(49-22-25(2)51(24-43)26(3)23-49)45-35-19-29-18-33(27(35)4)40(29,5)6/h8-11,20-21,25-27,29,33,35H,7,12-19,22-23H2,1-6H3,(H,44,45)/t25-,26+,27?,29-,33+,35-/m0/s1. The van der Waals surface area contributed by atoms with Crippen molar-refractivity contribution in [2.24, 2.45) is 28.2 Å². The van der Waals surface area contributed by atoms with Crippen molar-refractivity contribution in [3.63, 3.8) is 0 Å². The van der Waals surface area contributed by atoms with Gasteiger partial charge in [-0.2, -0.15) is 5.26 Å².